The first kappa shape index (κ1) is 19.4. The van der Waals surface area contributed by atoms with Crippen molar-refractivity contribution in [3.05, 3.63) is 89.2 Å². The van der Waals surface area contributed by atoms with Crippen LogP contribution in [0.25, 0.3) is 0 Å². The lowest BCUT2D eigenvalue weighted by Gasteiger charge is -2.22. The zero-order valence-electron chi connectivity index (χ0n) is 15.6. The first-order valence-electron chi connectivity index (χ1n) is 9.16. The molecule has 0 bridgehead atoms. The number of carbonyl (C=O) groups excluding carboxylic acids is 1. The zero-order valence-corrected chi connectivity index (χ0v) is 15.6. The Morgan fingerprint density at radius 1 is 1.14 bits per heavy atom. The molecule has 1 unspecified atom stereocenters. The van der Waals surface area contributed by atoms with E-state index >= 15 is 0 Å². The summed E-state index contributed by atoms with van der Waals surface area (Å²) < 4.78 is 6.84. The first-order chi connectivity index (χ1) is 13.6. The number of esters is 1. The molecule has 0 saturated heterocycles. The average Bonchev–Trinajstić information content (AvgIpc) is 3.22. The smallest absolute Gasteiger partial charge is 0.335 e. The van der Waals surface area contributed by atoms with E-state index in [1.54, 1.807) is 36.0 Å². The third-order valence-corrected chi connectivity index (χ3v) is 4.49. The second kappa shape index (κ2) is 8.99. The van der Waals surface area contributed by atoms with Gasteiger partial charge >= 0.3 is 11.9 Å². The predicted molar refractivity (Wildman–Crippen MR) is 104 cm³/mol. The standard InChI is InChI=1S/C22H22N2O4/c1-2-28-20(25)12-11-16-7-3-4-10-19(16)21(24-14-6-13-23-24)17-8-5-9-18(15-17)22(26)27/h3-10,13-15,21H,2,11-12H2,1H3,(H,26,27). The molecule has 0 radical (unpaired) electrons. The van der Waals surface area contributed by atoms with Crippen LogP contribution in [0.2, 0.25) is 0 Å². The molecule has 0 amide bonds. The quantitative estimate of drug-likeness (QED) is 0.604. The van der Waals surface area contributed by atoms with Crippen molar-refractivity contribution in [3.63, 3.8) is 0 Å². The summed E-state index contributed by atoms with van der Waals surface area (Å²) in [6.07, 6.45) is 4.35. The van der Waals surface area contributed by atoms with Crippen LogP contribution in [0.1, 0.15) is 46.4 Å². The summed E-state index contributed by atoms with van der Waals surface area (Å²) in [5.74, 6) is -1.21. The molecule has 6 nitrogen and oxygen atoms in total. The maximum atomic E-state index is 11.8. The van der Waals surface area contributed by atoms with Crippen LogP contribution >= 0.6 is 0 Å². The maximum absolute atomic E-state index is 11.8. The lowest BCUT2D eigenvalue weighted by atomic mass is 9.91. The van der Waals surface area contributed by atoms with Crippen LogP contribution in [0.4, 0.5) is 0 Å². The molecule has 0 fully saturated rings. The highest BCUT2D eigenvalue weighted by atomic mass is 16.5. The Labute approximate surface area is 163 Å². The van der Waals surface area contributed by atoms with Crippen LogP contribution in [0.15, 0.2) is 67.0 Å². The summed E-state index contributed by atoms with van der Waals surface area (Å²) in [5.41, 5.74) is 3.00. The highest BCUT2D eigenvalue weighted by molar-refractivity contribution is 5.87. The summed E-state index contributed by atoms with van der Waals surface area (Å²) in [4.78, 5) is 23.2. The minimum atomic E-state index is -0.975. The zero-order chi connectivity index (χ0) is 19.9. The van der Waals surface area contributed by atoms with E-state index in [2.05, 4.69) is 5.10 Å². The predicted octanol–water partition coefficient (Wildman–Crippen LogP) is 3.71. The van der Waals surface area contributed by atoms with Gasteiger partial charge in [-0.3, -0.25) is 9.48 Å². The van der Waals surface area contributed by atoms with Gasteiger partial charge in [-0.25, -0.2) is 4.79 Å². The number of hydrogen-bond donors (Lipinski definition) is 1. The summed E-state index contributed by atoms with van der Waals surface area (Å²) in [5, 5.41) is 13.8. The number of carbonyl (C=O) groups is 2. The molecule has 3 aromatic rings. The number of nitrogens with zero attached hydrogens (tertiary/aromatic N) is 2. The topological polar surface area (TPSA) is 81.4 Å². The molecule has 0 aliphatic carbocycles. The van der Waals surface area contributed by atoms with Crippen LogP contribution in [-0.4, -0.2) is 33.4 Å². The Bertz CT molecular complexity index is 951. The average molecular weight is 378 g/mol. The third-order valence-electron chi connectivity index (χ3n) is 4.49. The van der Waals surface area contributed by atoms with E-state index in [0.717, 1.165) is 16.7 Å². The van der Waals surface area contributed by atoms with Crippen LogP contribution in [-0.2, 0) is 16.0 Å². The fourth-order valence-electron chi connectivity index (χ4n) is 3.25. The molecule has 28 heavy (non-hydrogen) atoms. The van der Waals surface area contributed by atoms with Gasteiger partial charge in [0.1, 0.15) is 6.04 Å². The molecule has 0 aliphatic rings. The molecular weight excluding hydrogens is 356 g/mol. The van der Waals surface area contributed by atoms with Gasteiger partial charge in [0.2, 0.25) is 0 Å². The van der Waals surface area contributed by atoms with E-state index in [1.165, 1.54) is 0 Å². The Hall–Kier alpha value is -3.41. The number of rotatable bonds is 8. The molecule has 0 spiro atoms. The number of carboxylic acids is 1. The molecule has 1 heterocycles. The lowest BCUT2D eigenvalue weighted by Crippen LogP contribution is -2.16. The van der Waals surface area contributed by atoms with Crippen LogP contribution in [0.3, 0.4) is 0 Å². The monoisotopic (exact) mass is 378 g/mol. The number of aromatic nitrogens is 2. The summed E-state index contributed by atoms with van der Waals surface area (Å²) in [6.45, 7) is 2.15. The largest absolute Gasteiger partial charge is 0.478 e. The van der Waals surface area contributed by atoms with E-state index < -0.39 is 5.97 Å². The number of carboxylic acid groups (broad SMARTS) is 1. The van der Waals surface area contributed by atoms with Crippen molar-refractivity contribution < 1.29 is 19.4 Å². The highest BCUT2D eigenvalue weighted by Gasteiger charge is 2.21. The number of ether oxygens (including phenoxy) is 1. The van der Waals surface area contributed by atoms with E-state index in [1.807, 2.05) is 42.6 Å². The number of benzene rings is 2. The maximum Gasteiger partial charge on any atom is 0.335 e. The van der Waals surface area contributed by atoms with E-state index in [0.29, 0.717) is 13.0 Å². The van der Waals surface area contributed by atoms with Gasteiger partial charge in [-0.15, -0.1) is 0 Å². The Kier molecular flexibility index (Phi) is 6.22. The summed E-state index contributed by atoms with van der Waals surface area (Å²) in [6, 6.07) is 16.2. The molecule has 0 saturated carbocycles. The van der Waals surface area contributed by atoms with Crippen LogP contribution in [0, 0.1) is 0 Å². The van der Waals surface area contributed by atoms with Crippen molar-refractivity contribution in [1.29, 1.82) is 0 Å². The fraction of sp³-hybridized carbons (Fsp3) is 0.227. The van der Waals surface area contributed by atoms with Gasteiger partial charge in [-0.05, 0) is 48.2 Å². The molecular formula is C22H22N2O4. The third kappa shape index (κ3) is 4.46. The van der Waals surface area contributed by atoms with Crippen molar-refractivity contribution in [2.75, 3.05) is 6.61 Å². The van der Waals surface area contributed by atoms with Crippen molar-refractivity contribution in [2.24, 2.45) is 0 Å². The summed E-state index contributed by atoms with van der Waals surface area (Å²) in [7, 11) is 0. The van der Waals surface area contributed by atoms with Gasteiger partial charge < -0.3 is 9.84 Å². The van der Waals surface area contributed by atoms with Gasteiger partial charge in [0, 0.05) is 18.8 Å². The van der Waals surface area contributed by atoms with Crippen molar-refractivity contribution in [3.8, 4) is 0 Å². The number of aromatic carboxylic acids is 1. The normalized spacial score (nSPS) is 11.8. The fourth-order valence-corrected chi connectivity index (χ4v) is 3.25. The van der Waals surface area contributed by atoms with Gasteiger partial charge in [-0.2, -0.15) is 5.10 Å². The van der Waals surface area contributed by atoms with E-state index in [4.69, 9.17) is 4.74 Å². The highest BCUT2D eigenvalue weighted by Crippen LogP contribution is 2.30. The van der Waals surface area contributed by atoms with Crippen molar-refractivity contribution in [1.82, 2.24) is 9.78 Å². The molecule has 144 valence electrons. The molecule has 1 atom stereocenters. The Balaban J connectivity index is 2.02. The first-order valence-corrected chi connectivity index (χ1v) is 9.16. The van der Waals surface area contributed by atoms with Gasteiger partial charge in [-0.1, -0.05) is 36.4 Å². The second-order valence-corrected chi connectivity index (χ2v) is 6.32. The van der Waals surface area contributed by atoms with Crippen LogP contribution < -0.4 is 0 Å². The van der Waals surface area contributed by atoms with Gasteiger partial charge in [0.15, 0.2) is 0 Å². The molecule has 0 aliphatic heterocycles. The molecule has 1 N–H and O–H groups in total. The van der Waals surface area contributed by atoms with Crippen molar-refractivity contribution in [2.45, 2.75) is 25.8 Å². The van der Waals surface area contributed by atoms with E-state index in [-0.39, 0.29) is 24.0 Å². The van der Waals surface area contributed by atoms with Crippen molar-refractivity contribution >= 4 is 11.9 Å². The molecule has 6 heteroatoms. The van der Waals surface area contributed by atoms with Gasteiger partial charge in [0.25, 0.3) is 0 Å². The molecule has 1 aromatic heterocycles. The lowest BCUT2D eigenvalue weighted by molar-refractivity contribution is -0.143. The second-order valence-electron chi connectivity index (χ2n) is 6.32. The number of aryl methyl sites for hydroxylation is 1. The summed E-state index contributed by atoms with van der Waals surface area (Å²) >= 11 is 0. The SMILES string of the molecule is CCOC(=O)CCc1ccccc1C(c1cccc(C(=O)O)c1)n1cccn1. The van der Waals surface area contributed by atoms with Crippen LogP contribution in [0.5, 0.6) is 0 Å². The minimum absolute atomic E-state index is 0.221. The molecule has 2 aromatic carbocycles. The Morgan fingerprint density at radius 2 is 1.96 bits per heavy atom. The molecule has 3 rings (SSSR count). The minimum Gasteiger partial charge on any atom is -0.478 e. The van der Waals surface area contributed by atoms with Gasteiger partial charge in [0.05, 0.1) is 12.2 Å². The number of hydrogen-bond acceptors (Lipinski definition) is 4. The Morgan fingerprint density at radius 3 is 2.68 bits per heavy atom. The van der Waals surface area contributed by atoms with E-state index in [9.17, 15) is 14.7 Å².